The predicted molar refractivity (Wildman–Crippen MR) is 85.9 cm³/mol. The van der Waals surface area contributed by atoms with Gasteiger partial charge in [0.25, 0.3) is 0 Å². The number of carbonyl (C=O) groups is 1. The molecule has 0 amide bonds. The molecular weight excluding hydrogens is 317 g/mol. The standard InChI is InChI=1S/C16H18FN3O2S/c1-10-6-7-13(12-5-3-2-4-11(10)12)20-14(8-17)18-19-16(20)23-9-15(21)22/h6-7H,2-5,8-9H2,1H3,(H,21,22). The molecule has 5 nitrogen and oxygen atoms in total. The normalized spacial score (nSPS) is 13.8. The van der Waals surface area contributed by atoms with Crippen LogP contribution in [0, 0.1) is 6.92 Å². The van der Waals surface area contributed by atoms with Crippen molar-refractivity contribution in [2.45, 2.75) is 44.4 Å². The first kappa shape index (κ1) is 16.0. The lowest BCUT2D eigenvalue weighted by atomic mass is 9.87. The molecule has 0 saturated heterocycles. The number of carboxylic acid groups (broad SMARTS) is 1. The topological polar surface area (TPSA) is 68.0 Å². The minimum Gasteiger partial charge on any atom is -0.481 e. The molecule has 0 saturated carbocycles. The van der Waals surface area contributed by atoms with Crippen molar-refractivity contribution in [2.24, 2.45) is 0 Å². The van der Waals surface area contributed by atoms with Gasteiger partial charge in [0.05, 0.1) is 11.4 Å². The van der Waals surface area contributed by atoms with Crippen molar-refractivity contribution in [3.63, 3.8) is 0 Å². The third-order valence-electron chi connectivity index (χ3n) is 4.13. The van der Waals surface area contributed by atoms with Gasteiger partial charge in [-0.2, -0.15) is 0 Å². The van der Waals surface area contributed by atoms with Crippen LogP contribution in [0.3, 0.4) is 0 Å². The van der Waals surface area contributed by atoms with E-state index in [9.17, 15) is 9.18 Å². The molecule has 1 aromatic heterocycles. The minimum absolute atomic E-state index is 0.127. The summed E-state index contributed by atoms with van der Waals surface area (Å²) in [6, 6.07) is 4.00. The van der Waals surface area contributed by atoms with Crippen LogP contribution in [0.2, 0.25) is 0 Å². The van der Waals surface area contributed by atoms with E-state index in [1.807, 2.05) is 12.1 Å². The highest BCUT2D eigenvalue weighted by molar-refractivity contribution is 7.99. The molecule has 0 atom stereocenters. The van der Waals surface area contributed by atoms with E-state index < -0.39 is 12.6 Å². The second-order valence-electron chi connectivity index (χ2n) is 5.62. The predicted octanol–water partition coefficient (Wildman–Crippen LogP) is 3.10. The molecule has 2 aromatic rings. The third-order valence-corrected chi connectivity index (χ3v) is 5.04. The van der Waals surface area contributed by atoms with Crippen molar-refractivity contribution in [1.29, 1.82) is 0 Å². The molecular formula is C16H18FN3O2S. The molecule has 0 bridgehead atoms. The molecule has 1 aliphatic carbocycles. The maximum Gasteiger partial charge on any atom is 0.313 e. The van der Waals surface area contributed by atoms with Crippen molar-refractivity contribution >= 4 is 17.7 Å². The Morgan fingerprint density at radius 3 is 2.74 bits per heavy atom. The van der Waals surface area contributed by atoms with Crippen LogP contribution in [0.5, 0.6) is 0 Å². The zero-order valence-corrected chi connectivity index (χ0v) is 13.7. The molecule has 1 aromatic carbocycles. The Kier molecular flexibility index (Phi) is 4.66. The lowest BCUT2D eigenvalue weighted by Gasteiger charge is -2.23. The van der Waals surface area contributed by atoms with Crippen molar-refractivity contribution in [3.05, 3.63) is 34.6 Å². The number of thioether (sulfide) groups is 1. The lowest BCUT2D eigenvalue weighted by molar-refractivity contribution is -0.133. The van der Waals surface area contributed by atoms with Crippen LogP contribution in [0.15, 0.2) is 17.3 Å². The SMILES string of the molecule is Cc1ccc(-n2c(CF)nnc2SCC(=O)O)c2c1CCCC2. The molecule has 0 fully saturated rings. The number of benzene rings is 1. The van der Waals surface area contributed by atoms with Gasteiger partial charge in [-0.3, -0.25) is 9.36 Å². The van der Waals surface area contributed by atoms with Gasteiger partial charge < -0.3 is 5.11 Å². The quantitative estimate of drug-likeness (QED) is 0.851. The van der Waals surface area contributed by atoms with E-state index in [4.69, 9.17) is 5.11 Å². The number of halogens is 1. The van der Waals surface area contributed by atoms with Crippen molar-refractivity contribution in [3.8, 4) is 5.69 Å². The molecule has 0 unspecified atom stereocenters. The average Bonchev–Trinajstić information content (AvgIpc) is 2.96. The molecule has 0 aliphatic heterocycles. The summed E-state index contributed by atoms with van der Waals surface area (Å²) in [7, 11) is 0. The zero-order valence-electron chi connectivity index (χ0n) is 12.9. The number of rotatable bonds is 5. The fourth-order valence-corrected chi connectivity index (χ4v) is 3.77. The first-order valence-electron chi connectivity index (χ1n) is 7.58. The lowest BCUT2D eigenvalue weighted by Crippen LogP contribution is -2.12. The number of aromatic nitrogens is 3. The summed E-state index contributed by atoms with van der Waals surface area (Å²) in [6.07, 6.45) is 4.24. The van der Waals surface area contributed by atoms with Gasteiger partial charge in [0, 0.05) is 0 Å². The minimum atomic E-state index is -0.933. The smallest absolute Gasteiger partial charge is 0.313 e. The summed E-state index contributed by atoms with van der Waals surface area (Å²) >= 11 is 1.06. The van der Waals surface area contributed by atoms with E-state index in [-0.39, 0.29) is 11.6 Å². The van der Waals surface area contributed by atoms with Gasteiger partial charge in [-0.15, -0.1) is 10.2 Å². The van der Waals surface area contributed by atoms with Gasteiger partial charge >= 0.3 is 5.97 Å². The Hall–Kier alpha value is -1.89. The summed E-state index contributed by atoms with van der Waals surface area (Å²) in [5.74, 6) is -0.842. The number of aryl methyl sites for hydroxylation is 1. The average molecular weight is 335 g/mol. The molecule has 1 heterocycles. The summed E-state index contributed by atoms with van der Waals surface area (Å²) in [5, 5.41) is 17.2. The van der Waals surface area contributed by atoms with Gasteiger partial charge in [0.1, 0.15) is 6.67 Å². The summed E-state index contributed by atoms with van der Waals surface area (Å²) in [6.45, 7) is 1.36. The second kappa shape index (κ2) is 6.70. The number of carboxylic acids is 1. The highest BCUT2D eigenvalue weighted by atomic mass is 32.2. The number of alkyl halides is 1. The van der Waals surface area contributed by atoms with Crippen molar-refractivity contribution < 1.29 is 14.3 Å². The monoisotopic (exact) mass is 335 g/mol. The van der Waals surface area contributed by atoms with Gasteiger partial charge in [-0.05, 0) is 55.4 Å². The molecule has 122 valence electrons. The highest BCUT2D eigenvalue weighted by Crippen LogP contribution is 2.32. The fraction of sp³-hybridized carbons (Fsp3) is 0.438. The van der Waals surface area contributed by atoms with E-state index in [1.54, 1.807) is 4.57 Å². The molecule has 1 aliphatic rings. The molecule has 0 spiro atoms. The molecule has 7 heteroatoms. The van der Waals surface area contributed by atoms with Crippen LogP contribution in [0.4, 0.5) is 4.39 Å². The Morgan fingerprint density at radius 1 is 1.30 bits per heavy atom. The van der Waals surface area contributed by atoms with Gasteiger partial charge in [-0.1, -0.05) is 17.8 Å². The Bertz CT molecular complexity index is 745. The molecule has 1 N–H and O–H groups in total. The zero-order chi connectivity index (χ0) is 16.4. The van der Waals surface area contributed by atoms with E-state index >= 15 is 0 Å². The van der Waals surface area contributed by atoms with Crippen molar-refractivity contribution in [1.82, 2.24) is 14.8 Å². The van der Waals surface area contributed by atoms with Crippen LogP contribution in [0.25, 0.3) is 5.69 Å². The number of hydrogen-bond acceptors (Lipinski definition) is 4. The van der Waals surface area contributed by atoms with E-state index in [0.29, 0.717) is 5.16 Å². The number of hydrogen-bond donors (Lipinski definition) is 1. The number of nitrogens with zero attached hydrogens (tertiary/aromatic N) is 3. The molecule has 0 radical (unpaired) electrons. The van der Waals surface area contributed by atoms with Crippen molar-refractivity contribution in [2.75, 3.05) is 5.75 Å². The maximum absolute atomic E-state index is 13.3. The summed E-state index contributed by atoms with van der Waals surface area (Å²) < 4.78 is 15.0. The van der Waals surface area contributed by atoms with Gasteiger partial charge in [0.15, 0.2) is 11.0 Å². The van der Waals surface area contributed by atoms with Gasteiger partial charge in [-0.25, -0.2) is 4.39 Å². The first-order valence-corrected chi connectivity index (χ1v) is 8.57. The first-order chi connectivity index (χ1) is 11.1. The van der Waals surface area contributed by atoms with E-state index in [2.05, 4.69) is 17.1 Å². The Morgan fingerprint density at radius 2 is 2.04 bits per heavy atom. The van der Waals surface area contributed by atoms with Gasteiger partial charge in [0.2, 0.25) is 0 Å². The fourth-order valence-electron chi connectivity index (χ4n) is 3.09. The molecule has 23 heavy (non-hydrogen) atoms. The van der Waals surface area contributed by atoms with Crippen LogP contribution in [-0.4, -0.2) is 31.6 Å². The van der Waals surface area contributed by atoms with Crippen LogP contribution in [0.1, 0.15) is 35.4 Å². The number of aliphatic carboxylic acids is 1. The van der Waals surface area contributed by atoms with E-state index in [1.165, 1.54) is 16.7 Å². The number of fused-ring (bicyclic) bond motifs is 1. The third kappa shape index (κ3) is 3.10. The molecule has 3 rings (SSSR count). The maximum atomic E-state index is 13.3. The van der Waals surface area contributed by atoms with Crippen LogP contribution in [-0.2, 0) is 24.3 Å². The summed E-state index contributed by atoms with van der Waals surface area (Å²) in [5.41, 5.74) is 4.67. The summed E-state index contributed by atoms with van der Waals surface area (Å²) in [4.78, 5) is 10.8. The van der Waals surface area contributed by atoms with Crippen LogP contribution < -0.4 is 0 Å². The Labute approximate surface area is 137 Å². The highest BCUT2D eigenvalue weighted by Gasteiger charge is 2.21. The van der Waals surface area contributed by atoms with E-state index in [0.717, 1.165) is 43.1 Å². The van der Waals surface area contributed by atoms with Crippen LogP contribution >= 0.6 is 11.8 Å². The largest absolute Gasteiger partial charge is 0.481 e. The second-order valence-corrected chi connectivity index (χ2v) is 6.56. The Balaban J connectivity index is 2.11.